The second-order valence-electron chi connectivity index (χ2n) is 7.01. The SMILES string of the molecule is O=C1Cc2ncc(NC(=O)C(=O)N3CCCN(c4ccc(Cl)c(F)c4)CC3)cc2O1. The van der Waals surface area contributed by atoms with Gasteiger partial charge >= 0.3 is 17.8 Å². The van der Waals surface area contributed by atoms with Gasteiger partial charge in [0.25, 0.3) is 0 Å². The first-order valence-electron chi connectivity index (χ1n) is 9.40. The molecular weight excluding hydrogens is 415 g/mol. The second-order valence-corrected chi connectivity index (χ2v) is 7.41. The van der Waals surface area contributed by atoms with Gasteiger partial charge in [0.15, 0.2) is 5.75 Å². The number of rotatable bonds is 2. The summed E-state index contributed by atoms with van der Waals surface area (Å²) in [6, 6.07) is 6.05. The van der Waals surface area contributed by atoms with Crippen LogP contribution in [0.3, 0.4) is 0 Å². The number of nitrogens with one attached hydrogen (secondary N) is 1. The second kappa shape index (κ2) is 8.27. The van der Waals surface area contributed by atoms with E-state index in [2.05, 4.69) is 10.3 Å². The topological polar surface area (TPSA) is 91.8 Å². The van der Waals surface area contributed by atoms with Crippen LogP contribution in [0.1, 0.15) is 12.1 Å². The Bertz CT molecular complexity index is 1030. The number of amides is 2. The molecule has 2 amide bonds. The Morgan fingerprint density at radius 2 is 2.00 bits per heavy atom. The van der Waals surface area contributed by atoms with Crippen LogP contribution in [0.2, 0.25) is 5.02 Å². The first-order chi connectivity index (χ1) is 14.4. The third-order valence-corrected chi connectivity index (χ3v) is 5.28. The molecule has 0 aliphatic carbocycles. The molecule has 1 saturated heterocycles. The van der Waals surface area contributed by atoms with Crippen molar-refractivity contribution in [3.8, 4) is 5.75 Å². The fraction of sp³-hybridized carbons (Fsp3) is 0.300. The maximum atomic E-state index is 13.7. The molecular formula is C20H18ClFN4O4. The molecule has 2 aliphatic heterocycles. The molecule has 2 aromatic rings. The van der Waals surface area contributed by atoms with Crippen LogP contribution in [-0.2, 0) is 20.8 Å². The van der Waals surface area contributed by atoms with Crippen LogP contribution in [0, 0.1) is 5.82 Å². The van der Waals surface area contributed by atoms with E-state index in [1.807, 2.05) is 4.90 Å². The zero-order chi connectivity index (χ0) is 21.3. The number of fused-ring (bicyclic) bond motifs is 1. The molecule has 0 saturated carbocycles. The Morgan fingerprint density at radius 3 is 2.80 bits per heavy atom. The van der Waals surface area contributed by atoms with Crippen molar-refractivity contribution in [2.24, 2.45) is 0 Å². The fourth-order valence-electron chi connectivity index (χ4n) is 3.45. The summed E-state index contributed by atoms with van der Waals surface area (Å²) in [5.41, 5.74) is 1.44. The Morgan fingerprint density at radius 1 is 1.17 bits per heavy atom. The first-order valence-corrected chi connectivity index (χ1v) is 9.78. The van der Waals surface area contributed by atoms with Crippen molar-refractivity contribution >= 4 is 40.8 Å². The third-order valence-electron chi connectivity index (χ3n) is 4.97. The van der Waals surface area contributed by atoms with E-state index < -0.39 is 23.6 Å². The van der Waals surface area contributed by atoms with Crippen LogP contribution >= 0.6 is 11.6 Å². The molecule has 2 aliphatic rings. The highest BCUT2D eigenvalue weighted by Gasteiger charge is 2.26. The summed E-state index contributed by atoms with van der Waals surface area (Å²) in [6.07, 6.45) is 2.09. The normalized spacial score (nSPS) is 16.0. The van der Waals surface area contributed by atoms with Crippen molar-refractivity contribution in [1.82, 2.24) is 9.88 Å². The largest absolute Gasteiger partial charge is 0.424 e. The molecule has 10 heteroatoms. The van der Waals surface area contributed by atoms with E-state index >= 15 is 0 Å². The standard InChI is InChI=1S/C20H18ClFN4O4/c21-14-3-2-13(9-15(14)22)25-4-1-5-26(7-6-25)20(29)19(28)24-12-8-17-16(23-11-12)10-18(27)30-17/h2-3,8-9,11H,1,4-7,10H2,(H,24,28). The molecule has 0 unspecified atom stereocenters. The van der Waals surface area contributed by atoms with Gasteiger partial charge in [0.1, 0.15) is 5.82 Å². The predicted molar refractivity (Wildman–Crippen MR) is 107 cm³/mol. The van der Waals surface area contributed by atoms with Crippen molar-refractivity contribution in [2.45, 2.75) is 12.8 Å². The zero-order valence-corrected chi connectivity index (χ0v) is 16.6. The van der Waals surface area contributed by atoms with Crippen molar-refractivity contribution in [3.05, 3.63) is 47.0 Å². The Hall–Kier alpha value is -3.20. The molecule has 8 nitrogen and oxygen atoms in total. The number of hydrogen-bond acceptors (Lipinski definition) is 6. The average molecular weight is 433 g/mol. The Balaban J connectivity index is 1.37. The molecule has 156 valence electrons. The number of aromatic nitrogens is 1. The van der Waals surface area contributed by atoms with Crippen LogP contribution < -0.4 is 15.0 Å². The monoisotopic (exact) mass is 432 g/mol. The lowest BCUT2D eigenvalue weighted by Gasteiger charge is -2.23. The highest BCUT2D eigenvalue weighted by Crippen LogP contribution is 2.27. The summed E-state index contributed by atoms with van der Waals surface area (Å²) in [5.74, 6) is -2.10. The summed E-state index contributed by atoms with van der Waals surface area (Å²) < 4.78 is 18.8. The molecule has 0 radical (unpaired) electrons. The maximum absolute atomic E-state index is 13.7. The van der Waals surface area contributed by atoms with E-state index in [1.165, 1.54) is 29.3 Å². The molecule has 1 aromatic carbocycles. The highest BCUT2D eigenvalue weighted by molar-refractivity contribution is 6.39. The summed E-state index contributed by atoms with van der Waals surface area (Å²) in [7, 11) is 0. The zero-order valence-electron chi connectivity index (χ0n) is 15.9. The molecule has 30 heavy (non-hydrogen) atoms. The summed E-state index contributed by atoms with van der Waals surface area (Å²) in [5, 5.41) is 2.55. The predicted octanol–water partition coefficient (Wildman–Crippen LogP) is 2.01. The van der Waals surface area contributed by atoms with Gasteiger partial charge in [0.05, 0.1) is 29.0 Å². The number of halogens is 2. The quantitative estimate of drug-likeness (QED) is 0.576. The van der Waals surface area contributed by atoms with Crippen molar-refractivity contribution in [3.63, 3.8) is 0 Å². The van der Waals surface area contributed by atoms with Crippen LogP contribution in [-0.4, -0.2) is 53.8 Å². The van der Waals surface area contributed by atoms with Crippen LogP contribution in [0.25, 0.3) is 0 Å². The molecule has 3 heterocycles. The number of ether oxygens (including phenoxy) is 1. The van der Waals surface area contributed by atoms with Gasteiger partial charge in [-0.1, -0.05) is 11.6 Å². The number of benzene rings is 1. The summed E-state index contributed by atoms with van der Waals surface area (Å²) in [4.78, 5) is 43.8. The molecule has 1 fully saturated rings. The highest BCUT2D eigenvalue weighted by atomic mass is 35.5. The first kappa shape index (κ1) is 20.1. The summed E-state index contributed by atoms with van der Waals surface area (Å²) in [6.45, 7) is 1.79. The van der Waals surface area contributed by atoms with Gasteiger partial charge < -0.3 is 19.9 Å². The molecule has 1 aromatic heterocycles. The molecule has 4 rings (SSSR count). The Kier molecular flexibility index (Phi) is 5.54. The molecule has 0 bridgehead atoms. The smallest absolute Gasteiger partial charge is 0.317 e. The van der Waals surface area contributed by atoms with Crippen molar-refractivity contribution < 1.29 is 23.5 Å². The van der Waals surface area contributed by atoms with Crippen LogP contribution in [0.4, 0.5) is 15.8 Å². The van der Waals surface area contributed by atoms with E-state index in [1.54, 1.807) is 6.07 Å². The van der Waals surface area contributed by atoms with Crippen molar-refractivity contribution in [1.29, 1.82) is 0 Å². The van der Waals surface area contributed by atoms with Crippen LogP contribution in [0.15, 0.2) is 30.5 Å². The fourth-order valence-corrected chi connectivity index (χ4v) is 3.56. The Labute approximate surface area is 176 Å². The van der Waals surface area contributed by atoms with Gasteiger partial charge in [-0.05, 0) is 24.6 Å². The lowest BCUT2D eigenvalue weighted by Crippen LogP contribution is -2.41. The van der Waals surface area contributed by atoms with E-state index in [0.29, 0.717) is 44.0 Å². The maximum Gasteiger partial charge on any atom is 0.317 e. The van der Waals surface area contributed by atoms with E-state index in [9.17, 15) is 18.8 Å². The van der Waals surface area contributed by atoms with E-state index in [-0.39, 0.29) is 22.9 Å². The number of carbonyl (C=O) groups excluding carboxylic acids is 3. The minimum absolute atomic E-state index is 0.0536. The van der Waals surface area contributed by atoms with Gasteiger partial charge in [0, 0.05) is 37.9 Å². The lowest BCUT2D eigenvalue weighted by atomic mass is 10.2. The number of carbonyl (C=O) groups is 3. The number of esters is 1. The van der Waals surface area contributed by atoms with Crippen LogP contribution in [0.5, 0.6) is 5.75 Å². The van der Waals surface area contributed by atoms with E-state index in [0.717, 1.165) is 0 Å². The van der Waals surface area contributed by atoms with Gasteiger partial charge in [-0.2, -0.15) is 0 Å². The van der Waals surface area contributed by atoms with Gasteiger partial charge in [-0.15, -0.1) is 0 Å². The minimum Gasteiger partial charge on any atom is -0.424 e. The number of pyridine rings is 1. The number of hydrogen-bond donors (Lipinski definition) is 1. The average Bonchev–Trinajstić information content (AvgIpc) is 2.93. The number of anilines is 2. The summed E-state index contributed by atoms with van der Waals surface area (Å²) >= 11 is 5.74. The lowest BCUT2D eigenvalue weighted by molar-refractivity contribution is -0.143. The van der Waals surface area contributed by atoms with Crippen molar-refractivity contribution in [2.75, 3.05) is 36.4 Å². The molecule has 0 atom stereocenters. The van der Waals surface area contributed by atoms with E-state index in [4.69, 9.17) is 16.3 Å². The van der Waals surface area contributed by atoms with Gasteiger partial charge in [-0.25, -0.2) is 4.39 Å². The third kappa shape index (κ3) is 4.20. The number of nitrogens with zero attached hydrogens (tertiary/aromatic N) is 3. The minimum atomic E-state index is -0.799. The van der Waals surface area contributed by atoms with Gasteiger partial charge in [0.2, 0.25) is 0 Å². The molecule has 1 N–H and O–H groups in total. The van der Waals surface area contributed by atoms with Gasteiger partial charge in [-0.3, -0.25) is 19.4 Å². The molecule has 0 spiro atoms.